The lowest BCUT2D eigenvalue weighted by Crippen LogP contribution is -2.30. The number of esters is 3. The molecule has 0 aliphatic carbocycles. The van der Waals surface area contributed by atoms with E-state index in [9.17, 15) is 14.4 Å². The van der Waals surface area contributed by atoms with Crippen LogP contribution in [0.15, 0.2) is 85.1 Å². The van der Waals surface area contributed by atoms with Crippen molar-refractivity contribution >= 4 is 17.9 Å². The lowest BCUT2D eigenvalue weighted by molar-refractivity contribution is -0.167. The maximum absolute atomic E-state index is 12.8. The number of hydrogen-bond donors (Lipinski definition) is 0. The van der Waals surface area contributed by atoms with E-state index in [4.69, 9.17) is 14.2 Å². The van der Waals surface area contributed by atoms with Gasteiger partial charge in [0.15, 0.2) is 6.10 Å². The molecule has 0 bridgehead atoms. The van der Waals surface area contributed by atoms with Gasteiger partial charge in [-0.25, -0.2) is 0 Å². The van der Waals surface area contributed by atoms with E-state index in [0.717, 1.165) is 70.6 Å². The van der Waals surface area contributed by atoms with Gasteiger partial charge in [-0.1, -0.05) is 260 Å². The Bertz CT molecular complexity index is 1370. The first-order valence-corrected chi connectivity index (χ1v) is 30.1. The minimum absolute atomic E-state index is 0.107. The van der Waals surface area contributed by atoms with Gasteiger partial charge in [-0.15, -0.1) is 0 Å². The Hall–Kier alpha value is -3.41. The van der Waals surface area contributed by atoms with Crippen molar-refractivity contribution in [2.45, 2.75) is 297 Å². The van der Waals surface area contributed by atoms with Crippen LogP contribution in [0, 0.1) is 0 Å². The van der Waals surface area contributed by atoms with E-state index in [1.165, 1.54) is 167 Å². The molecule has 0 heterocycles. The monoisotopic (exact) mass is 989 g/mol. The van der Waals surface area contributed by atoms with Crippen molar-refractivity contribution in [3.8, 4) is 0 Å². The molecule has 71 heavy (non-hydrogen) atoms. The summed E-state index contributed by atoms with van der Waals surface area (Å²) in [7, 11) is 0. The van der Waals surface area contributed by atoms with Gasteiger partial charge in [-0.3, -0.25) is 14.4 Å². The van der Waals surface area contributed by atoms with Gasteiger partial charge in [0.1, 0.15) is 13.2 Å². The molecule has 0 spiro atoms. The van der Waals surface area contributed by atoms with Gasteiger partial charge in [0.25, 0.3) is 0 Å². The fraction of sp³-hybridized carbons (Fsp3) is 0.738. The van der Waals surface area contributed by atoms with Crippen LogP contribution in [0.25, 0.3) is 0 Å². The zero-order valence-electron chi connectivity index (χ0n) is 46.7. The maximum atomic E-state index is 12.8. The second-order valence-electron chi connectivity index (χ2n) is 19.9. The average molecular weight is 990 g/mol. The van der Waals surface area contributed by atoms with Gasteiger partial charge in [0.2, 0.25) is 0 Å². The minimum atomic E-state index is -0.818. The van der Waals surface area contributed by atoms with Crippen LogP contribution in [-0.2, 0) is 28.6 Å². The van der Waals surface area contributed by atoms with Crippen molar-refractivity contribution in [1.29, 1.82) is 0 Å². The zero-order valence-corrected chi connectivity index (χ0v) is 46.7. The highest BCUT2D eigenvalue weighted by atomic mass is 16.6. The molecular formula is C65H112O6. The highest BCUT2D eigenvalue weighted by Crippen LogP contribution is 2.16. The third kappa shape index (κ3) is 57.4. The van der Waals surface area contributed by atoms with E-state index in [1.807, 2.05) is 0 Å². The smallest absolute Gasteiger partial charge is 0.306 e. The summed E-state index contributed by atoms with van der Waals surface area (Å²) in [6, 6.07) is 0. The molecule has 6 heteroatoms. The fourth-order valence-electron chi connectivity index (χ4n) is 8.33. The molecule has 6 nitrogen and oxygen atoms in total. The Labute approximate surface area is 439 Å². The molecule has 0 fully saturated rings. The summed E-state index contributed by atoms with van der Waals surface area (Å²) in [5.74, 6) is -0.996. The van der Waals surface area contributed by atoms with Crippen molar-refractivity contribution < 1.29 is 28.6 Å². The lowest BCUT2D eigenvalue weighted by Gasteiger charge is -2.18. The molecule has 0 saturated heterocycles. The molecule has 0 aromatic heterocycles. The van der Waals surface area contributed by atoms with Gasteiger partial charge in [0, 0.05) is 19.3 Å². The van der Waals surface area contributed by atoms with Crippen LogP contribution in [-0.4, -0.2) is 37.2 Å². The number of carbonyl (C=O) groups is 3. The third-order valence-corrected chi connectivity index (χ3v) is 12.9. The number of ether oxygens (including phenoxy) is 3. The predicted octanol–water partition coefficient (Wildman–Crippen LogP) is 20.3. The number of unbranched alkanes of at least 4 members (excludes halogenated alkanes) is 29. The first-order chi connectivity index (χ1) is 35.0. The molecular weight excluding hydrogens is 877 g/mol. The molecule has 0 unspecified atom stereocenters. The van der Waals surface area contributed by atoms with Crippen LogP contribution in [0.1, 0.15) is 290 Å². The Balaban J connectivity index is 4.44. The molecule has 0 aromatic carbocycles. The Morgan fingerprint density at radius 3 is 0.873 bits per heavy atom. The SMILES string of the molecule is CCCCC/C=C\C/C=C\C/C=C\C/C=C\CCCC(=O)OC[C@H](COC(=O)CCCCCCCCCCCCCCCCCCCCCCC)OC(=O)CCCC/C=C\C/C=C\C/C=C\CCCCC. The van der Waals surface area contributed by atoms with Gasteiger partial charge in [-0.2, -0.15) is 0 Å². The summed E-state index contributed by atoms with van der Waals surface area (Å²) in [4.78, 5) is 38.2. The summed E-state index contributed by atoms with van der Waals surface area (Å²) in [5.41, 5.74) is 0. The Morgan fingerprint density at radius 1 is 0.282 bits per heavy atom. The van der Waals surface area contributed by atoms with Gasteiger partial charge in [-0.05, 0) is 96.3 Å². The second kappa shape index (κ2) is 59.2. The normalized spacial score (nSPS) is 12.7. The summed E-state index contributed by atoms with van der Waals surface area (Å²) < 4.78 is 16.8. The van der Waals surface area contributed by atoms with Crippen molar-refractivity contribution in [3.05, 3.63) is 85.1 Å². The molecule has 408 valence electrons. The first kappa shape index (κ1) is 67.6. The maximum Gasteiger partial charge on any atom is 0.306 e. The fourth-order valence-corrected chi connectivity index (χ4v) is 8.33. The summed E-state index contributed by atoms with van der Waals surface area (Å²) in [6.07, 6.45) is 77.3. The van der Waals surface area contributed by atoms with E-state index in [-0.39, 0.29) is 44.0 Å². The molecule has 0 rings (SSSR count). The molecule has 0 radical (unpaired) electrons. The number of hydrogen-bond acceptors (Lipinski definition) is 6. The Kier molecular flexibility index (Phi) is 56.3. The average Bonchev–Trinajstić information content (AvgIpc) is 3.37. The highest BCUT2D eigenvalue weighted by Gasteiger charge is 2.19. The van der Waals surface area contributed by atoms with E-state index in [1.54, 1.807) is 0 Å². The van der Waals surface area contributed by atoms with Crippen molar-refractivity contribution in [2.75, 3.05) is 13.2 Å². The molecule has 0 aliphatic heterocycles. The van der Waals surface area contributed by atoms with E-state index < -0.39 is 6.10 Å². The quantitative estimate of drug-likeness (QED) is 0.0261. The summed E-state index contributed by atoms with van der Waals surface area (Å²) in [5, 5.41) is 0. The Morgan fingerprint density at radius 2 is 0.521 bits per heavy atom. The highest BCUT2D eigenvalue weighted by molar-refractivity contribution is 5.71. The third-order valence-electron chi connectivity index (χ3n) is 12.9. The molecule has 0 amide bonds. The van der Waals surface area contributed by atoms with Gasteiger partial charge in [0.05, 0.1) is 0 Å². The molecule has 0 aromatic rings. The van der Waals surface area contributed by atoms with Crippen LogP contribution in [0.2, 0.25) is 0 Å². The summed E-state index contributed by atoms with van der Waals surface area (Å²) >= 11 is 0. The molecule has 0 N–H and O–H groups in total. The number of allylic oxidation sites excluding steroid dienone is 14. The number of carbonyl (C=O) groups excluding carboxylic acids is 3. The lowest BCUT2D eigenvalue weighted by atomic mass is 10.0. The summed E-state index contributed by atoms with van der Waals surface area (Å²) in [6.45, 7) is 6.53. The zero-order chi connectivity index (χ0) is 51.4. The number of rotatable bonds is 54. The van der Waals surface area contributed by atoms with Crippen LogP contribution < -0.4 is 0 Å². The van der Waals surface area contributed by atoms with Crippen molar-refractivity contribution in [1.82, 2.24) is 0 Å². The van der Waals surface area contributed by atoms with E-state index >= 15 is 0 Å². The van der Waals surface area contributed by atoms with E-state index in [2.05, 4.69) is 106 Å². The minimum Gasteiger partial charge on any atom is -0.462 e. The molecule has 0 saturated carbocycles. The van der Waals surface area contributed by atoms with Crippen LogP contribution in [0.5, 0.6) is 0 Å². The first-order valence-electron chi connectivity index (χ1n) is 30.1. The van der Waals surface area contributed by atoms with Crippen LogP contribution >= 0.6 is 0 Å². The van der Waals surface area contributed by atoms with Crippen molar-refractivity contribution in [3.63, 3.8) is 0 Å². The second-order valence-corrected chi connectivity index (χ2v) is 19.9. The molecule has 1 atom stereocenters. The predicted molar refractivity (Wildman–Crippen MR) is 307 cm³/mol. The van der Waals surface area contributed by atoms with Crippen LogP contribution in [0.3, 0.4) is 0 Å². The van der Waals surface area contributed by atoms with Crippen molar-refractivity contribution in [2.24, 2.45) is 0 Å². The van der Waals surface area contributed by atoms with Gasteiger partial charge >= 0.3 is 17.9 Å². The van der Waals surface area contributed by atoms with Crippen LogP contribution in [0.4, 0.5) is 0 Å². The standard InChI is InChI=1S/C65H112O6/c1-4-7-10-13-16-19-22-25-28-30-31-32-33-35-38-40-43-46-49-52-55-58-64(67)70-61-62(71-65(68)59-56-53-50-47-44-41-36-27-24-21-18-15-12-9-6-3)60-69-63(66)57-54-51-48-45-42-39-37-34-29-26-23-20-17-14-11-8-5-2/h17-18,20-21,26-27,29,36-37,39,44-45,47-48,62H,4-16,19,22-25,28,30-35,38,40-43,46,49-61H2,1-3H3/b20-17-,21-18-,29-26-,36-27-,39-37-,47-44-,48-45-/t62-/m1/s1. The topological polar surface area (TPSA) is 78.9 Å². The van der Waals surface area contributed by atoms with E-state index in [0.29, 0.717) is 19.3 Å². The van der Waals surface area contributed by atoms with Gasteiger partial charge < -0.3 is 14.2 Å². The largest absolute Gasteiger partial charge is 0.462 e. The molecule has 0 aliphatic rings.